The lowest BCUT2D eigenvalue weighted by Crippen LogP contribution is -2.22. The summed E-state index contributed by atoms with van der Waals surface area (Å²) in [5, 5.41) is 0.134. The topological polar surface area (TPSA) is 74.3 Å². The van der Waals surface area contributed by atoms with Crippen LogP contribution in [0.3, 0.4) is 0 Å². The maximum Gasteiger partial charge on any atom is 0.343 e. The summed E-state index contributed by atoms with van der Waals surface area (Å²) in [7, 11) is 0. The van der Waals surface area contributed by atoms with E-state index in [1.165, 1.54) is 12.3 Å². The van der Waals surface area contributed by atoms with Crippen LogP contribution in [0.15, 0.2) is 39.9 Å². The van der Waals surface area contributed by atoms with Crippen molar-refractivity contribution in [1.82, 2.24) is 9.55 Å². The summed E-state index contributed by atoms with van der Waals surface area (Å²) in [5.74, 6) is -0.0308. The molecule has 0 N–H and O–H groups in total. The maximum atomic E-state index is 15.1. The van der Waals surface area contributed by atoms with E-state index in [1.807, 2.05) is 16.7 Å². The number of halogens is 1. The third kappa shape index (κ3) is 3.22. The van der Waals surface area contributed by atoms with Crippen LogP contribution in [0, 0.1) is 5.82 Å². The molecule has 0 radical (unpaired) electrons. The highest BCUT2D eigenvalue weighted by Gasteiger charge is 2.33. The van der Waals surface area contributed by atoms with Gasteiger partial charge in [-0.2, -0.15) is 0 Å². The fourth-order valence-corrected chi connectivity index (χ4v) is 4.54. The largest absolute Gasteiger partial charge is 0.469 e. The lowest BCUT2D eigenvalue weighted by Gasteiger charge is -2.16. The number of aromatic nitrogens is 2. The number of esters is 1. The third-order valence-electron chi connectivity index (χ3n) is 6.19. The van der Waals surface area contributed by atoms with Gasteiger partial charge in [0.25, 0.3) is 0 Å². The molecule has 156 valence electrons. The standard InChI is InChI=1S/C23H23FN2O4/c1-2-29-23(28)17-12-26(15-7-8-15)22-16(21(17)27)11-18(24)20(25-22)14-6-5-13(10-14)19-4-3-9-30-19/h3-4,9,11-15H,2,5-8,10H2,1H3. The minimum absolute atomic E-state index is 0.0306. The Labute approximate surface area is 172 Å². The zero-order chi connectivity index (χ0) is 20.8. The van der Waals surface area contributed by atoms with Crippen molar-refractivity contribution >= 4 is 17.0 Å². The van der Waals surface area contributed by atoms with E-state index in [9.17, 15) is 9.59 Å². The maximum absolute atomic E-state index is 15.1. The van der Waals surface area contributed by atoms with Gasteiger partial charge < -0.3 is 13.7 Å². The Hall–Kier alpha value is -2.96. The molecule has 2 saturated carbocycles. The number of hydrogen-bond donors (Lipinski definition) is 0. The number of carbonyl (C=O) groups excluding carboxylic acids is 1. The van der Waals surface area contributed by atoms with E-state index in [0.717, 1.165) is 37.9 Å². The van der Waals surface area contributed by atoms with E-state index in [2.05, 4.69) is 4.98 Å². The second kappa shape index (κ2) is 7.38. The minimum atomic E-state index is -0.680. The molecule has 0 spiro atoms. The summed E-state index contributed by atoms with van der Waals surface area (Å²) in [6.45, 7) is 1.85. The van der Waals surface area contributed by atoms with Crippen LogP contribution in [-0.2, 0) is 4.74 Å². The molecule has 3 heterocycles. The molecule has 0 saturated heterocycles. The van der Waals surface area contributed by atoms with Crippen LogP contribution in [0.5, 0.6) is 0 Å². The highest BCUT2D eigenvalue weighted by molar-refractivity contribution is 5.93. The van der Waals surface area contributed by atoms with Crippen molar-refractivity contribution in [3.05, 3.63) is 63.7 Å². The molecular weight excluding hydrogens is 387 g/mol. The average Bonchev–Trinajstić information content (AvgIpc) is 3.22. The molecule has 2 fully saturated rings. The second-order valence-corrected chi connectivity index (χ2v) is 8.18. The van der Waals surface area contributed by atoms with Crippen LogP contribution >= 0.6 is 0 Å². The predicted octanol–water partition coefficient (Wildman–Crippen LogP) is 4.69. The number of ether oxygens (including phenoxy) is 1. The number of fused-ring (bicyclic) bond motifs is 1. The van der Waals surface area contributed by atoms with Crippen molar-refractivity contribution in [2.24, 2.45) is 0 Å². The van der Waals surface area contributed by atoms with Crippen LogP contribution in [0.2, 0.25) is 0 Å². The van der Waals surface area contributed by atoms with E-state index < -0.39 is 17.2 Å². The smallest absolute Gasteiger partial charge is 0.343 e. The zero-order valence-electron chi connectivity index (χ0n) is 16.8. The summed E-state index contributed by atoms with van der Waals surface area (Å²) >= 11 is 0. The second-order valence-electron chi connectivity index (χ2n) is 8.18. The monoisotopic (exact) mass is 410 g/mol. The number of pyridine rings is 2. The lowest BCUT2D eigenvalue weighted by molar-refractivity contribution is 0.0524. The molecule has 30 heavy (non-hydrogen) atoms. The highest BCUT2D eigenvalue weighted by atomic mass is 19.1. The molecule has 2 aliphatic carbocycles. The van der Waals surface area contributed by atoms with Gasteiger partial charge in [0.1, 0.15) is 22.8 Å². The van der Waals surface area contributed by atoms with Gasteiger partial charge in [-0.1, -0.05) is 0 Å². The molecular formula is C23H23FN2O4. The molecule has 6 nitrogen and oxygen atoms in total. The summed E-state index contributed by atoms with van der Waals surface area (Å²) in [4.78, 5) is 29.8. The quantitative estimate of drug-likeness (QED) is 0.571. The molecule has 0 aliphatic heterocycles. The molecule has 0 bridgehead atoms. The Bertz CT molecular complexity index is 1160. The molecule has 3 aromatic heterocycles. The molecule has 0 aromatic carbocycles. The number of hydrogen-bond acceptors (Lipinski definition) is 5. The van der Waals surface area contributed by atoms with Crippen LogP contribution in [0.1, 0.15) is 78.7 Å². The fraction of sp³-hybridized carbons (Fsp3) is 0.435. The molecule has 5 rings (SSSR count). The van der Waals surface area contributed by atoms with Gasteiger partial charge in [0.05, 0.1) is 24.0 Å². The van der Waals surface area contributed by atoms with Gasteiger partial charge in [-0.25, -0.2) is 14.2 Å². The molecule has 0 amide bonds. The van der Waals surface area contributed by atoms with Crippen molar-refractivity contribution in [2.45, 2.75) is 56.9 Å². The van der Waals surface area contributed by atoms with Crippen molar-refractivity contribution < 1.29 is 18.3 Å². The van der Waals surface area contributed by atoms with E-state index in [4.69, 9.17) is 9.15 Å². The highest BCUT2D eigenvalue weighted by Crippen LogP contribution is 2.44. The van der Waals surface area contributed by atoms with Crippen molar-refractivity contribution in [3.63, 3.8) is 0 Å². The van der Waals surface area contributed by atoms with E-state index in [1.54, 1.807) is 13.2 Å². The zero-order valence-corrected chi connectivity index (χ0v) is 16.8. The Morgan fingerprint density at radius 1 is 1.30 bits per heavy atom. The number of rotatable bonds is 5. The Morgan fingerprint density at radius 3 is 2.80 bits per heavy atom. The SMILES string of the molecule is CCOC(=O)c1cn(C2CC2)c2nc(C3CCC(c4ccco4)C3)c(F)cc2c1=O. The van der Waals surface area contributed by atoms with Crippen molar-refractivity contribution in [3.8, 4) is 0 Å². The number of carbonyl (C=O) groups is 1. The van der Waals surface area contributed by atoms with Crippen molar-refractivity contribution in [1.29, 1.82) is 0 Å². The summed E-state index contributed by atoms with van der Waals surface area (Å²) < 4.78 is 27.5. The van der Waals surface area contributed by atoms with E-state index in [-0.39, 0.29) is 35.4 Å². The first-order valence-electron chi connectivity index (χ1n) is 10.5. The van der Waals surface area contributed by atoms with Gasteiger partial charge in [-0.3, -0.25) is 4.79 Å². The Kier molecular flexibility index (Phi) is 4.68. The Balaban J connectivity index is 1.58. The van der Waals surface area contributed by atoms with Gasteiger partial charge >= 0.3 is 5.97 Å². The lowest BCUT2D eigenvalue weighted by atomic mass is 9.98. The van der Waals surface area contributed by atoms with Gasteiger partial charge in [0, 0.05) is 24.1 Å². The molecule has 2 atom stereocenters. The fourth-order valence-electron chi connectivity index (χ4n) is 4.54. The molecule has 2 aliphatic rings. The Morgan fingerprint density at radius 2 is 2.10 bits per heavy atom. The number of furan rings is 1. The average molecular weight is 410 g/mol. The summed E-state index contributed by atoms with van der Waals surface area (Å²) in [5.41, 5.74) is 0.254. The van der Waals surface area contributed by atoms with Crippen molar-refractivity contribution in [2.75, 3.05) is 6.61 Å². The molecule has 3 aromatic rings. The first-order valence-corrected chi connectivity index (χ1v) is 10.5. The normalized spacial score (nSPS) is 21.3. The van der Waals surface area contributed by atoms with Gasteiger partial charge in [0.2, 0.25) is 5.43 Å². The van der Waals surface area contributed by atoms with Gasteiger partial charge in [-0.15, -0.1) is 0 Å². The first-order chi connectivity index (χ1) is 14.6. The minimum Gasteiger partial charge on any atom is -0.469 e. The summed E-state index contributed by atoms with van der Waals surface area (Å²) in [6.07, 6.45) is 7.57. The van der Waals surface area contributed by atoms with Crippen LogP contribution in [-0.4, -0.2) is 22.1 Å². The van der Waals surface area contributed by atoms with Crippen LogP contribution < -0.4 is 5.43 Å². The molecule has 7 heteroatoms. The first kappa shape index (κ1) is 19.0. The predicted molar refractivity (Wildman–Crippen MR) is 108 cm³/mol. The van der Waals surface area contributed by atoms with E-state index in [0.29, 0.717) is 11.3 Å². The van der Waals surface area contributed by atoms with Gasteiger partial charge in [-0.05, 0) is 57.2 Å². The number of nitrogens with zero attached hydrogens (tertiary/aromatic N) is 2. The van der Waals surface area contributed by atoms with Crippen LogP contribution in [0.25, 0.3) is 11.0 Å². The molecule has 2 unspecified atom stereocenters. The summed E-state index contributed by atoms with van der Waals surface area (Å²) in [6, 6.07) is 5.25. The van der Waals surface area contributed by atoms with E-state index >= 15 is 4.39 Å². The van der Waals surface area contributed by atoms with Crippen LogP contribution in [0.4, 0.5) is 4.39 Å². The van der Waals surface area contributed by atoms with Gasteiger partial charge in [0.15, 0.2) is 0 Å². The third-order valence-corrected chi connectivity index (χ3v) is 6.19.